The summed E-state index contributed by atoms with van der Waals surface area (Å²) in [5, 5.41) is 0. The molecule has 1 unspecified atom stereocenters. The van der Waals surface area contributed by atoms with Crippen LogP contribution < -0.4 is 5.56 Å². The van der Waals surface area contributed by atoms with E-state index < -0.39 is 11.6 Å². The molecule has 5 nitrogen and oxygen atoms in total. The van der Waals surface area contributed by atoms with E-state index in [0.717, 1.165) is 0 Å². The van der Waals surface area contributed by atoms with Crippen LogP contribution in [0.5, 0.6) is 0 Å². The van der Waals surface area contributed by atoms with Crippen molar-refractivity contribution in [3.63, 3.8) is 0 Å². The summed E-state index contributed by atoms with van der Waals surface area (Å²) in [5.74, 6) is -0.961. The predicted molar refractivity (Wildman–Crippen MR) is 84.5 cm³/mol. The molecule has 1 saturated heterocycles. The number of halogens is 2. The highest BCUT2D eigenvalue weighted by molar-refractivity contribution is 5.19. The fourth-order valence-electron chi connectivity index (χ4n) is 2.94. The molecule has 1 aliphatic rings. The van der Waals surface area contributed by atoms with Gasteiger partial charge in [-0.1, -0.05) is 6.07 Å². The zero-order chi connectivity index (χ0) is 16.9. The van der Waals surface area contributed by atoms with Crippen molar-refractivity contribution >= 4 is 0 Å². The number of hydrogen-bond donors (Lipinski definition) is 1. The molecule has 128 valence electrons. The molecule has 1 aromatic carbocycles. The quantitative estimate of drug-likeness (QED) is 0.925. The second-order valence-corrected chi connectivity index (χ2v) is 5.98. The Bertz CT molecular complexity index is 730. The molecular formula is C17H19F2N3O2. The highest BCUT2D eigenvalue weighted by Gasteiger charge is 2.21. The van der Waals surface area contributed by atoms with E-state index in [-0.39, 0.29) is 23.6 Å². The molecule has 0 aliphatic carbocycles. The van der Waals surface area contributed by atoms with Gasteiger partial charge in [0.05, 0.1) is 19.5 Å². The minimum atomic E-state index is -0.534. The van der Waals surface area contributed by atoms with Gasteiger partial charge >= 0.3 is 0 Å². The Morgan fingerprint density at radius 3 is 2.88 bits per heavy atom. The van der Waals surface area contributed by atoms with E-state index in [0.29, 0.717) is 38.4 Å². The van der Waals surface area contributed by atoms with Gasteiger partial charge in [0.1, 0.15) is 11.6 Å². The summed E-state index contributed by atoms with van der Waals surface area (Å²) < 4.78 is 33.3. The maximum absolute atomic E-state index is 13.8. The molecule has 0 amide bonds. The first kappa shape index (κ1) is 16.7. The van der Waals surface area contributed by atoms with Gasteiger partial charge in [0.2, 0.25) is 0 Å². The maximum Gasteiger partial charge on any atom is 0.250 e. The number of aromatic amines is 1. The summed E-state index contributed by atoms with van der Waals surface area (Å²) in [5.41, 5.74) is 0.568. The molecule has 0 spiro atoms. The molecule has 2 aromatic rings. The minimum absolute atomic E-state index is 0.0763. The Balaban J connectivity index is 1.69. The van der Waals surface area contributed by atoms with E-state index in [1.54, 1.807) is 0 Å². The lowest BCUT2D eigenvalue weighted by atomic mass is 10.0. The van der Waals surface area contributed by atoms with Crippen molar-refractivity contribution in [1.29, 1.82) is 0 Å². The molecule has 24 heavy (non-hydrogen) atoms. The molecule has 7 heteroatoms. The van der Waals surface area contributed by atoms with Gasteiger partial charge in [-0.15, -0.1) is 0 Å². The van der Waals surface area contributed by atoms with E-state index in [9.17, 15) is 13.6 Å². The topological polar surface area (TPSA) is 58.2 Å². The van der Waals surface area contributed by atoms with Gasteiger partial charge in [0.15, 0.2) is 0 Å². The molecule has 0 radical (unpaired) electrons. The molecule has 1 fully saturated rings. The number of rotatable bonds is 4. The van der Waals surface area contributed by atoms with E-state index in [1.165, 1.54) is 30.6 Å². The predicted octanol–water partition coefficient (Wildman–Crippen LogP) is 1.74. The Kier molecular flexibility index (Phi) is 5.32. The van der Waals surface area contributed by atoms with Crippen LogP contribution in [-0.2, 0) is 17.7 Å². The summed E-state index contributed by atoms with van der Waals surface area (Å²) in [6, 6.07) is 5.36. The number of benzene rings is 1. The summed E-state index contributed by atoms with van der Waals surface area (Å²) in [4.78, 5) is 20.0. The van der Waals surface area contributed by atoms with Crippen LogP contribution in [-0.4, -0.2) is 41.2 Å². The molecule has 0 bridgehead atoms. The fraction of sp³-hybridized carbons (Fsp3) is 0.412. The average molecular weight is 335 g/mol. The third-order valence-corrected chi connectivity index (χ3v) is 4.10. The van der Waals surface area contributed by atoms with Gasteiger partial charge in [-0.05, 0) is 18.6 Å². The van der Waals surface area contributed by atoms with Crippen molar-refractivity contribution < 1.29 is 13.5 Å². The molecular weight excluding hydrogens is 316 g/mol. The van der Waals surface area contributed by atoms with Crippen LogP contribution in [0.3, 0.4) is 0 Å². The average Bonchev–Trinajstić information content (AvgIpc) is 2.76. The normalized spacial score (nSPS) is 19.2. The van der Waals surface area contributed by atoms with Gasteiger partial charge in [-0.25, -0.2) is 13.8 Å². The Morgan fingerprint density at radius 1 is 1.33 bits per heavy atom. The highest BCUT2D eigenvalue weighted by atomic mass is 19.1. The van der Waals surface area contributed by atoms with Gasteiger partial charge < -0.3 is 9.72 Å². The monoisotopic (exact) mass is 335 g/mol. The molecule has 1 atom stereocenters. The van der Waals surface area contributed by atoms with E-state index in [1.807, 2.05) is 4.90 Å². The standard InChI is InChI=1S/C17H19F2N3O2/c18-15-2-1-3-16(19)14(15)9-22-4-5-24-10-12(8-22)6-13-7-17(23)21-11-20-13/h1-3,7,11-12H,4-6,8-10H2,(H,20,21,23). The van der Waals surface area contributed by atoms with Crippen molar-refractivity contribution in [2.24, 2.45) is 5.92 Å². The summed E-state index contributed by atoms with van der Waals surface area (Å²) >= 11 is 0. The first-order valence-corrected chi connectivity index (χ1v) is 7.88. The number of nitrogens with one attached hydrogen (secondary N) is 1. The van der Waals surface area contributed by atoms with Crippen molar-refractivity contribution in [3.05, 3.63) is 63.8 Å². The Hall–Kier alpha value is -2.12. The third kappa shape index (κ3) is 4.24. The Morgan fingerprint density at radius 2 is 2.12 bits per heavy atom. The lowest BCUT2D eigenvalue weighted by Gasteiger charge is -2.23. The van der Waals surface area contributed by atoms with Crippen LogP contribution in [0, 0.1) is 17.6 Å². The minimum Gasteiger partial charge on any atom is -0.380 e. The van der Waals surface area contributed by atoms with E-state index in [2.05, 4.69) is 9.97 Å². The van der Waals surface area contributed by atoms with Crippen LogP contribution in [0.25, 0.3) is 0 Å². The molecule has 1 N–H and O–H groups in total. The second-order valence-electron chi connectivity index (χ2n) is 5.98. The van der Waals surface area contributed by atoms with Crippen molar-refractivity contribution in [2.45, 2.75) is 13.0 Å². The van der Waals surface area contributed by atoms with E-state index >= 15 is 0 Å². The Labute approximate surface area is 138 Å². The van der Waals surface area contributed by atoms with Crippen LogP contribution in [0.15, 0.2) is 35.4 Å². The SMILES string of the molecule is O=c1cc(CC2COCCN(Cc3c(F)cccc3F)C2)nc[nH]1. The largest absolute Gasteiger partial charge is 0.380 e. The molecule has 2 heterocycles. The van der Waals surface area contributed by atoms with Gasteiger partial charge in [0, 0.05) is 42.9 Å². The molecule has 1 aromatic heterocycles. The highest BCUT2D eigenvalue weighted by Crippen LogP contribution is 2.18. The zero-order valence-corrected chi connectivity index (χ0v) is 13.2. The van der Waals surface area contributed by atoms with Crippen molar-refractivity contribution in [3.8, 4) is 0 Å². The van der Waals surface area contributed by atoms with Crippen molar-refractivity contribution in [1.82, 2.24) is 14.9 Å². The molecule has 0 saturated carbocycles. The number of ether oxygens (including phenoxy) is 1. The van der Waals surface area contributed by atoms with Crippen LogP contribution in [0.1, 0.15) is 11.3 Å². The van der Waals surface area contributed by atoms with Gasteiger partial charge in [0.25, 0.3) is 5.56 Å². The smallest absolute Gasteiger partial charge is 0.250 e. The first-order valence-electron chi connectivity index (χ1n) is 7.88. The molecule has 1 aliphatic heterocycles. The number of H-pyrrole nitrogens is 1. The maximum atomic E-state index is 13.8. The van der Waals surface area contributed by atoms with Crippen molar-refractivity contribution in [2.75, 3.05) is 26.3 Å². The number of aromatic nitrogens is 2. The zero-order valence-electron chi connectivity index (χ0n) is 13.2. The molecule has 3 rings (SSSR count). The summed E-state index contributed by atoms with van der Waals surface area (Å²) in [7, 11) is 0. The van der Waals surface area contributed by atoms with Crippen LogP contribution in [0.4, 0.5) is 8.78 Å². The van der Waals surface area contributed by atoms with Crippen LogP contribution in [0.2, 0.25) is 0 Å². The first-order chi connectivity index (χ1) is 11.6. The summed E-state index contributed by atoms with van der Waals surface area (Å²) in [6.07, 6.45) is 1.96. The van der Waals surface area contributed by atoms with Crippen LogP contribution >= 0.6 is 0 Å². The van der Waals surface area contributed by atoms with E-state index in [4.69, 9.17) is 4.74 Å². The number of hydrogen-bond acceptors (Lipinski definition) is 4. The fourth-order valence-corrected chi connectivity index (χ4v) is 2.94. The summed E-state index contributed by atoms with van der Waals surface area (Å²) in [6.45, 7) is 2.47. The lowest BCUT2D eigenvalue weighted by molar-refractivity contribution is 0.121. The van der Waals surface area contributed by atoms with Gasteiger partial charge in [-0.3, -0.25) is 9.69 Å². The third-order valence-electron chi connectivity index (χ3n) is 4.10. The lowest BCUT2D eigenvalue weighted by Crippen LogP contribution is -2.31. The second kappa shape index (κ2) is 7.63. The van der Waals surface area contributed by atoms with Gasteiger partial charge in [-0.2, -0.15) is 0 Å². The number of nitrogens with zero attached hydrogens (tertiary/aromatic N) is 2.